The smallest absolute Gasteiger partial charge is 0.248 e. The van der Waals surface area contributed by atoms with Gasteiger partial charge in [0.15, 0.2) is 0 Å². The molecule has 1 atom stereocenters. The summed E-state index contributed by atoms with van der Waals surface area (Å²) in [6.07, 6.45) is -0.000783. The van der Waals surface area contributed by atoms with Crippen LogP contribution in [0.5, 0.6) is 0 Å². The van der Waals surface area contributed by atoms with Crippen LogP contribution < -0.4 is 10.6 Å². The highest BCUT2D eigenvalue weighted by atomic mass is 79.9. The zero-order valence-corrected chi connectivity index (χ0v) is 15.5. The summed E-state index contributed by atoms with van der Waals surface area (Å²) in [7, 11) is 1.63. The van der Waals surface area contributed by atoms with Gasteiger partial charge in [0.1, 0.15) is 0 Å². The lowest BCUT2D eigenvalue weighted by molar-refractivity contribution is -0.124. The number of ether oxygens (including phenoxy) is 1. The number of carbonyl (C=O) groups is 1. The highest BCUT2D eigenvalue weighted by Crippen LogP contribution is 2.37. The van der Waals surface area contributed by atoms with Crippen LogP contribution in [0, 0.1) is 5.92 Å². The van der Waals surface area contributed by atoms with Crippen molar-refractivity contribution >= 4 is 33.2 Å². The van der Waals surface area contributed by atoms with Gasteiger partial charge in [-0.2, -0.15) is 0 Å². The van der Waals surface area contributed by atoms with E-state index in [4.69, 9.17) is 4.74 Å². The number of halogens is 3. The second-order valence-corrected chi connectivity index (χ2v) is 7.23. The van der Waals surface area contributed by atoms with Gasteiger partial charge in [-0.05, 0) is 38.0 Å². The molecule has 0 radical (unpaired) electrons. The molecule has 0 bridgehead atoms. The Labute approximate surface area is 149 Å². The van der Waals surface area contributed by atoms with Gasteiger partial charge in [-0.15, -0.1) is 0 Å². The topological polar surface area (TPSA) is 50.4 Å². The number of methoxy groups -OCH3 is 1. The van der Waals surface area contributed by atoms with Gasteiger partial charge in [0.25, 0.3) is 0 Å². The molecule has 7 heteroatoms. The molecule has 1 fully saturated rings. The summed E-state index contributed by atoms with van der Waals surface area (Å²) in [5.41, 5.74) is 1.41. The molecule has 1 aliphatic rings. The number of anilines is 2. The van der Waals surface area contributed by atoms with Crippen LogP contribution in [-0.2, 0) is 9.53 Å². The average Bonchev–Trinajstić information content (AvgIpc) is 2.50. The van der Waals surface area contributed by atoms with Crippen LogP contribution in [0.2, 0.25) is 0 Å². The molecule has 24 heavy (non-hydrogen) atoms. The van der Waals surface area contributed by atoms with Crippen molar-refractivity contribution in [2.75, 3.05) is 24.4 Å². The minimum Gasteiger partial charge on any atom is -0.383 e. The number of amides is 1. The number of alkyl halides is 2. The van der Waals surface area contributed by atoms with E-state index in [9.17, 15) is 13.6 Å². The molecule has 0 aromatic heterocycles. The Morgan fingerprint density at radius 3 is 2.67 bits per heavy atom. The van der Waals surface area contributed by atoms with Gasteiger partial charge >= 0.3 is 0 Å². The molecule has 1 aliphatic carbocycles. The first-order valence-corrected chi connectivity index (χ1v) is 8.84. The molecule has 2 rings (SSSR count). The average molecular weight is 405 g/mol. The first kappa shape index (κ1) is 19.1. The number of rotatable bonds is 6. The lowest BCUT2D eigenvalue weighted by Crippen LogP contribution is -2.32. The van der Waals surface area contributed by atoms with E-state index in [1.54, 1.807) is 13.2 Å². The Bertz CT molecular complexity index is 574. The summed E-state index contributed by atoms with van der Waals surface area (Å²) in [4.78, 5) is 12.4. The first-order chi connectivity index (χ1) is 11.3. The van der Waals surface area contributed by atoms with Crippen molar-refractivity contribution < 1.29 is 18.3 Å². The number of hydrogen-bond donors (Lipinski definition) is 2. The Kier molecular flexibility index (Phi) is 6.57. The molecule has 4 nitrogen and oxygen atoms in total. The molecule has 1 amide bonds. The Balaban J connectivity index is 2.04. The highest BCUT2D eigenvalue weighted by Gasteiger charge is 2.37. The summed E-state index contributed by atoms with van der Waals surface area (Å²) in [6, 6.07) is 5.56. The van der Waals surface area contributed by atoms with Crippen LogP contribution in [0.15, 0.2) is 22.7 Å². The second-order valence-electron chi connectivity index (χ2n) is 6.31. The molecule has 134 valence electrons. The Morgan fingerprint density at radius 1 is 1.38 bits per heavy atom. The van der Waals surface area contributed by atoms with E-state index >= 15 is 0 Å². The monoisotopic (exact) mass is 404 g/mol. The number of carbonyl (C=O) groups excluding carboxylic acids is 1. The number of hydrogen-bond acceptors (Lipinski definition) is 3. The van der Waals surface area contributed by atoms with Gasteiger partial charge in [-0.3, -0.25) is 4.79 Å². The lowest BCUT2D eigenvalue weighted by Gasteiger charge is -2.27. The van der Waals surface area contributed by atoms with Crippen LogP contribution in [0.25, 0.3) is 0 Å². The first-order valence-electron chi connectivity index (χ1n) is 8.04. The Hall–Kier alpha value is -1.21. The molecular weight excluding hydrogens is 382 g/mol. The third-order valence-corrected chi connectivity index (χ3v) is 4.64. The molecular formula is C17H23BrF2N2O2. The normalized spacial score (nSPS) is 18.9. The molecule has 2 N–H and O–H groups in total. The van der Waals surface area contributed by atoms with Crippen molar-refractivity contribution in [1.29, 1.82) is 0 Å². The van der Waals surface area contributed by atoms with Crippen molar-refractivity contribution in [2.24, 2.45) is 5.92 Å². The van der Waals surface area contributed by atoms with Crippen LogP contribution in [0.4, 0.5) is 20.2 Å². The largest absolute Gasteiger partial charge is 0.383 e. The summed E-state index contributed by atoms with van der Waals surface area (Å²) in [5.74, 6) is -3.19. The van der Waals surface area contributed by atoms with Crippen LogP contribution in [0.1, 0.15) is 32.6 Å². The van der Waals surface area contributed by atoms with Crippen molar-refractivity contribution in [3.63, 3.8) is 0 Å². The summed E-state index contributed by atoms with van der Waals surface area (Å²) < 4.78 is 32.5. The maximum absolute atomic E-state index is 13.2. The molecule has 1 aromatic rings. The molecule has 0 spiro atoms. The fraction of sp³-hybridized carbons (Fsp3) is 0.588. The van der Waals surface area contributed by atoms with E-state index in [2.05, 4.69) is 26.6 Å². The molecule has 0 heterocycles. The summed E-state index contributed by atoms with van der Waals surface area (Å²) in [6.45, 7) is 2.50. The van der Waals surface area contributed by atoms with Crippen LogP contribution >= 0.6 is 15.9 Å². The maximum atomic E-state index is 13.2. The zero-order valence-electron chi connectivity index (χ0n) is 13.9. The minimum atomic E-state index is -2.63. The van der Waals surface area contributed by atoms with Crippen LogP contribution in [-0.4, -0.2) is 31.6 Å². The quantitative estimate of drug-likeness (QED) is 0.724. The minimum absolute atomic E-state index is 0.0633. The molecule has 0 aliphatic heterocycles. The Morgan fingerprint density at radius 2 is 2.04 bits per heavy atom. The SMILES string of the molecule is COC[C@@H](C)Nc1cc(Br)ccc1NC(=O)C1CCC(F)(F)CC1. The molecule has 0 unspecified atom stereocenters. The summed E-state index contributed by atoms with van der Waals surface area (Å²) in [5, 5.41) is 6.16. The predicted octanol–water partition coefficient (Wildman–Crippen LogP) is 4.66. The van der Waals surface area contributed by atoms with Gasteiger partial charge in [-0.25, -0.2) is 8.78 Å². The molecule has 1 aromatic carbocycles. The third-order valence-electron chi connectivity index (χ3n) is 4.15. The standard InChI is InChI=1S/C17H23BrF2N2O2/c1-11(10-24-2)21-15-9-13(18)3-4-14(15)22-16(23)12-5-7-17(19,20)8-6-12/h3-4,9,11-12,21H,5-8,10H2,1-2H3,(H,22,23)/t11-/m1/s1. The molecule has 0 saturated heterocycles. The van der Waals surface area contributed by atoms with Gasteiger partial charge in [-0.1, -0.05) is 15.9 Å². The van der Waals surface area contributed by atoms with Crippen LogP contribution in [0.3, 0.4) is 0 Å². The van der Waals surface area contributed by atoms with E-state index in [0.717, 1.165) is 10.2 Å². The maximum Gasteiger partial charge on any atom is 0.248 e. The summed E-state index contributed by atoms with van der Waals surface area (Å²) >= 11 is 3.41. The van der Waals surface area contributed by atoms with Gasteiger partial charge in [0.2, 0.25) is 11.8 Å². The van der Waals surface area contributed by atoms with Crippen molar-refractivity contribution in [3.8, 4) is 0 Å². The van der Waals surface area contributed by atoms with E-state index in [0.29, 0.717) is 12.3 Å². The zero-order chi connectivity index (χ0) is 17.7. The third kappa shape index (κ3) is 5.41. The number of benzene rings is 1. The second kappa shape index (κ2) is 8.25. The van der Waals surface area contributed by atoms with E-state index < -0.39 is 5.92 Å². The lowest BCUT2D eigenvalue weighted by atomic mass is 9.86. The predicted molar refractivity (Wildman–Crippen MR) is 94.6 cm³/mol. The van der Waals surface area contributed by atoms with E-state index in [1.165, 1.54) is 0 Å². The fourth-order valence-corrected chi connectivity index (χ4v) is 3.20. The number of nitrogens with one attached hydrogen (secondary N) is 2. The van der Waals surface area contributed by atoms with Crippen molar-refractivity contribution in [3.05, 3.63) is 22.7 Å². The van der Waals surface area contributed by atoms with Gasteiger partial charge < -0.3 is 15.4 Å². The fourth-order valence-electron chi connectivity index (χ4n) is 2.84. The van der Waals surface area contributed by atoms with E-state index in [-0.39, 0.29) is 43.6 Å². The van der Waals surface area contributed by atoms with Crippen molar-refractivity contribution in [2.45, 2.75) is 44.6 Å². The van der Waals surface area contributed by atoms with Gasteiger partial charge in [0, 0.05) is 36.4 Å². The van der Waals surface area contributed by atoms with E-state index in [1.807, 2.05) is 19.1 Å². The van der Waals surface area contributed by atoms with Crippen molar-refractivity contribution in [1.82, 2.24) is 0 Å². The highest BCUT2D eigenvalue weighted by molar-refractivity contribution is 9.10. The van der Waals surface area contributed by atoms with Gasteiger partial charge in [0.05, 0.1) is 18.0 Å². The molecule has 1 saturated carbocycles.